The number of benzene rings is 1. The summed E-state index contributed by atoms with van der Waals surface area (Å²) in [6, 6.07) is 2.14. The van der Waals surface area contributed by atoms with Gasteiger partial charge in [0.05, 0.1) is 11.6 Å². The average Bonchev–Trinajstić information content (AvgIpc) is 2.30. The zero-order valence-corrected chi connectivity index (χ0v) is 10.9. The van der Waals surface area contributed by atoms with Crippen LogP contribution in [0, 0.1) is 0 Å². The second kappa shape index (κ2) is 5.17. The Balaban J connectivity index is 2.50. The van der Waals surface area contributed by atoms with E-state index in [9.17, 15) is 0 Å². The first-order valence-corrected chi connectivity index (χ1v) is 6.31. The molecule has 0 radical (unpaired) electrons. The number of hydroxylamine groups is 1. The van der Waals surface area contributed by atoms with Gasteiger partial charge in [-0.05, 0) is 52.7 Å². The molecule has 0 unspecified atom stereocenters. The van der Waals surface area contributed by atoms with E-state index in [1.165, 1.54) is 24.0 Å². The summed E-state index contributed by atoms with van der Waals surface area (Å²) in [6.45, 7) is 0.412. The van der Waals surface area contributed by atoms with Gasteiger partial charge in [-0.2, -0.15) is 0 Å². The summed E-state index contributed by atoms with van der Waals surface area (Å²) in [7, 11) is 1.66. The predicted octanol–water partition coefficient (Wildman–Crippen LogP) is 2.82. The number of ether oxygens (including phenoxy) is 1. The topological polar surface area (TPSA) is 41.5 Å². The van der Waals surface area contributed by atoms with Crippen LogP contribution >= 0.6 is 15.9 Å². The molecule has 0 aliphatic heterocycles. The van der Waals surface area contributed by atoms with Crippen molar-refractivity contribution in [3.05, 3.63) is 27.2 Å². The summed E-state index contributed by atoms with van der Waals surface area (Å²) in [4.78, 5) is 0. The lowest BCUT2D eigenvalue weighted by molar-refractivity contribution is 0.160. The summed E-state index contributed by atoms with van der Waals surface area (Å²) in [5.41, 5.74) is 5.93. The minimum atomic E-state index is 0.412. The van der Waals surface area contributed by atoms with Crippen LogP contribution in [-0.2, 0) is 19.4 Å². The molecule has 2 N–H and O–H groups in total. The molecule has 16 heavy (non-hydrogen) atoms. The van der Waals surface area contributed by atoms with E-state index in [1.807, 2.05) is 0 Å². The van der Waals surface area contributed by atoms with Gasteiger partial charge < -0.3 is 9.94 Å². The van der Waals surface area contributed by atoms with Gasteiger partial charge in [-0.3, -0.25) is 0 Å². The third-order valence-corrected chi connectivity index (χ3v) is 3.93. The molecule has 0 aromatic heterocycles. The molecule has 1 aromatic carbocycles. The van der Waals surface area contributed by atoms with Crippen molar-refractivity contribution < 1.29 is 9.94 Å². The van der Waals surface area contributed by atoms with Crippen LogP contribution in [0.4, 0.5) is 0 Å². The highest BCUT2D eigenvalue weighted by molar-refractivity contribution is 9.10. The van der Waals surface area contributed by atoms with Crippen molar-refractivity contribution in [3.63, 3.8) is 0 Å². The lowest BCUT2D eigenvalue weighted by atomic mass is 9.90. The van der Waals surface area contributed by atoms with Crippen molar-refractivity contribution in [2.75, 3.05) is 7.11 Å². The quantitative estimate of drug-likeness (QED) is 0.840. The van der Waals surface area contributed by atoms with Crippen LogP contribution in [-0.4, -0.2) is 12.3 Å². The number of fused-ring (bicyclic) bond motifs is 1. The van der Waals surface area contributed by atoms with Crippen molar-refractivity contribution >= 4 is 15.9 Å². The Morgan fingerprint density at radius 1 is 1.44 bits per heavy atom. The minimum Gasteiger partial charge on any atom is -0.495 e. The fraction of sp³-hybridized carbons (Fsp3) is 0.500. The van der Waals surface area contributed by atoms with Crippen LogP contribution in [0.2, 0.25) is 0 Å². The highest BCUT2D eigenvalue weighted by Gasteiger charge is 2.18. The Morgan fingerprint density at radius 2 is 2.19 bits per heavy atom. The molecule has 0 saturated heterocycles. The molecular weight excluding hydrogens is 270 g/mol. The Kier molecular flexibility index (Phi) is 3.84. The van der Waals surface area contributed by atoms with Crippen molar-refractivity contribution in [2.24, 2.45) is 0 Å². The van der Waals surface area contributed by atoms with Crippen molar-refractivity contribution in [2.45, 2.75) is 32.2 Å². The second-order valence-electron chi connectivity index (χ2n) is 4.06. The van der Waals surface area contributed by atoms with E-state index in [0.717, 1.165) is 28.6 Å². The van der Waals surface area contributed by atoms with Crippen molar-refractivity contribution in [1.82, 2.24) is 5.48 Å². The first-order chi connectivity index (χ1) is 7.77. The van der Waals surface area contributed by atoms with Crippen LogP contribution in [0.3, 0.4) is 0 Å². The highest BCUT2D eigenvalue weighted by atomic mass is 79.9. The number of aryl methyl sites for hydroxylation is 1. The predicted molar refractivity (Wildman–Crippen MR) is 66.0 cm³/mol. The van der Waals surface area contributed by atoms with Crippen LogP contribution in [0.5, 0.6) is 5.75 Å². The van der Waals surface area contributed by atoms with Gasteiger partial charge in [0.15, 0.2) is 0 Å². The first-order valence-electron chi connectivity index (χ1n) is 5.52. The molecule has 0 atom stereocenters. The van der Waals surface area contributed by atoms with E-state index in [4.69, 9.17) is 9.94 Å². The SMILES string of the molecule is COc1c(CNO)cc2c(c1Br)CCCC2. The summed E-state index contributed by atoms with van der Waals surface area (Å²) in [5, 5.41) is 8.81. The number of hydrogen-bond acceptors (Lipinski definition) is 3. The smallest absolute Gasteiger partial charge is 0.137 e. The standard InChI is InChI=1S/C12H16BrNO2/c1-16-12-9(7-14-15)6-8-4-2-3-5-10(8)11(12)13/h6,14-15H,2-5,7H2,1H3. The van der Waals surface area contributed by atoms with E-state index in [0.29, 0.717) is 6.54 Å². The zero-order chi connectivity index (χ0) is 11.5. The second-order valence-corrected chi connectivity index (χ2v) is 4.86. The fourth-order valence-corrected chi connectivity index (χ4v) is 3.20. The molecule has 1 aliphatic rings. The van der Waals surface area contributed by atoms with Gasteiger partial charge in [-0.1, -0.05) is 6.07 Å². The third-order valence-electron chi connectivity index (χ3n) is 3.09. The van der Waals surface area contributed by atoms with E-state index >= 15 is 0 Å². The summed E-state index contributed by atoms with van der Waals surface area (Å²) in [5.74, 6) is 0.835. The largest absolute Gasteiger partial charge is 0.495 e. The summed E-state index contributed by atoms with van der Waals surface area (Å²) < 4.78 is 6.45. The number of hydrogen-bond donors (Lipinski definition) is 2. The molecule has 1 aromatic rings. The van der Waals surface area contributed by atoms with Crippen LogP contribution in [0.25, 0.3) is 0 Å². The number of nitrogens with one attached hydrogen (secondary N) is 1. The van der Waals surface area contributed by atoms with E-state index in [-0.39, 0.29) is 0 Å². The van der Waals surface area contributed by atoms with Crippen LogP contribution < -0.4 is 10.2 Å². The average molecular weight is 286 g/mol. The summed E-state index contributed by atoms with van der Waals surface area (Å²) >= 11 is 3.61. The van der Waals surface area contributed by atoms with Gasteiger partial charge >= 0.3 is 0 Å². The van der Waals surface area contributed by atoms with Crippen molar-refractivity contribution in [1.29, 1.82) is 0 Å². The molecule has 88 valence electrons. The molecule has 3 nitrogen and oxygen atoms in total. The normalized spacial score (nSPS) is 14.7. The molecule has 0 spiro atoms. The van der Waals surface area contributed by atoms with Gasteiger partial charge in [-0.15, -0.1) is 0 Å². The molecule has 4 heteroatoms. The number of halogens is 1. The number of rotatable bonds is 3. The van der Waals surface area contributed by atoms with Gasteiger partial charge in [0.2, 0.25) is 0 Å². The van der Waals surface area contributed by atoms with Crippen LogP contribution in [0.1, 0.15) is 29.5 Å². The minimum absolute atomic E-state index is 0.412. The number of methoxy groups -OCH3 is 1. The lowest BCUT2D eigenvalue weighted by Crippen LogP contribution is -2.11. The molecule has 2 rings (SSSR count). The van der Waals surface area contributed by atoms with Gasteiger partial charge in [0.1, 0.15) is 5.75 Å². The Hall–Kier alpha value is -0.580. The van der Waals surface area contributed by atoms with E-state index in [2.05, 4.69) is 27.5 Å². The summed E-state index contributed by atoms with van der Waals surface area (Å²) in [6.07, 6.45) is 4.72. The van der Waals surface area contributed by atoms with Crippen LogP contribution in [0.15, 0.2) is 10.5 Å². The molecule has 0 bridgehead atoms. The first kappa shape index (κ1) is 11.9. The Labute approximate surface area is 104 Å². The lowest BCUT2D eigenvalue weighted by Gasteiger charge is -2.21. The highest BCUT2D eigenvalue weighted by Crippen LogP contribution is 2.38. The maximum Gasteiger partial charge on any atom is 0.137 e. The molecule has 1 aliphatic carbocycles. The van der Waals surface area contributed by atoms with E-state index < -0.39 is 0 Å². The molecule has 0 amide bonds. The van der Waals surface area contributed by atoms with Gasteiger partial charge in [0, 0.05) is 12.1 Å². The Morgan fingerprint density at radius 3 is 2.88 bits per heavy atom. The third kappa shape index (κ3) is 2.10. The molecule has 0 heterocycles. The van der Waals surface area contributed by atoms with Crippen molar-refractivity contribution in [3.8, 4) is 5.75 Å². The molecular formula is C12H16BrNO2. The van der Waals surface area contributed by atoms with Gasteiger partial charge in [0.25, 0.3) is 0 Å². The monoisotopic (exact) mass is 285 g/mol. The fourth-order valence-electron chi connectivity index (χ4n) is 2.33. The van der Waals surface area contributed by atoms with Gasteiger partial charge in [-0.25, -0.2) is 5.48 Å². The maximum absolute atomic E-state index is 8.81. The zero-order valence-electron chi connectivity index (χ0n) is 9.35. The Bertz CT molecular complexity index is 393. The van der Waals surface area contributed by atoms with E-state index in [1.54, 1.807) is 7.11 Å². The molecule has 0 fully saturated rings. The molecule has 0 saturated carbocycles. The maximum atomic E-state index is 8.81.